The Morgan fingerprint density at radius 3 is 2.60 bits per heavy atom. The normalized spacial score (nSPS) is 9.85. The minimum Gasteiger partial charge on any atom is -0.325 e. The van der Waals surface area contributed by atoms with E-state index in [-0.39, 0.29) is 11.8 Å². The van der Waals surface area contributed by atoms with E-state index in [1.807, 2.05) is 0 Å². The summed E-state index contributed by atoms with van der Waals surface area (Å²) in [6.07, 6.45) is 3.55. The number of hydrogen-bond donors (Lipinski definition) is 2. The van der Waals surface area contributed by atoms with Crippen molar-refractivity contribution in [3.8, 4) is 0 Å². The van der Waals surface area contributed by atoms with Crippen LogP contribution in [0.3, 0.4) is 0 Å². The Morgan fingerprint density at radius 2 is 1.90 bits per heavy atom. The van der Waals surface area contributed by atoms with Gasteiger partial charge in [-0.05, 0) is 24.3 Å². The van der Waals surface area contributed by atoms with Crippen LogP contribution < -0.4 is 10.6 Å². The smallest absolute Gasteiger partial charge is 0.257 e. The topological polar surface area (TPSA) is 71.1 Å². The van der Waals surface area contributed by atoms with Crippen molar-refractivity contribution in [2.45, 2.75) is 13.3 Å². The predicted octanol–water partition coefficient (Wildman–Crippen LogP) is 2.68. The Balaban J connectivity index is 2.19. The fourth-order valence-corrected chi connectivity index (χ4v) is 1.66. The van der Waals surface area contributed by atoms with Gasteiger partial charge in [0, 0.05) is 12.6 Å². The molecule has 1 heterocycles. The maximum atomic E-state index is 12.2. The first kappa shape index (κ1) is 13.7. The third kappa shape index (κ3) is 3.41. The average Bonchev–Trinajstić information content (AvgIpc) is 2.48. The highest BCUT2D eigenvalue weighted by molar-refractivity contribution is 6.10. The van der Waals surface area contributed by atoms with Gasteiger partial charge in [0.05, 0.1) is 23.1 Å². The van der Waals surface area contributed by atoms with Crippen LogP contribution in [-0.4, -0.2) is 16.8 Å². The molecule has 0 atom stereocenters. The zero-order valence-electron chi connectivity index (χ0n) is 11.1. The number of anilines is 2. The molecule has 5 heteroatoms. The summed E-state index contributed by atoms with van der Waals surface area (Å²) in [7, 11) is 0. The van der Waals surface area contributed by atoms with E-state index in [9.17, 15) is 9.59 Å². The summed E-state index contributed by atoms with van der Waals surface area (Å²) in [6, 6.07) is 10.4. The van der Waals surface area contributed by atoms with E-state index in [0.29, 0.717) is 23.4 Å². The minimum atomic E-state index is -0.287. The summed E-state index contributed by atoms with van der Waals surface area (Å²) < 4.78 is 0. The van der Waals surface area contributed by atoms with Gasteiger partial charge in [-0.1, -0.05) is 19.1 Å². The Hall–Kier alpha value is -2.69. The van der Waals surface area contributed by atoms with Crippen LogP contribution >= 0.6 is 0 Å². The van der Waals surface area contributed by atoms with Crippen LogP contribution in [0.25, 0.3) is 0 Å². The number of rotatable bonds is 4. The van der Waals surface area contributed by atoms with E-state index in [4.69, 9.17) is 0 Å². The van der Waals surface area contributed by atoms with Gasteiger partial charge in [-0.25, -0.2) is 0 Å². The van der Waals surface area contributed by atoms with E-state index in [0.717, 1.165) is 0 Å². The van der Waals surface area contributed by atoms with Crippen molar-refractivity contribution < 1.29 is 9.59 Å². The summed E-state index contributed by atoms with van der Waals surface area (Å²) in [5, 5.41) is 5.45. The molecule has 2 amide bonds. The third-order valence-corrected chi connectivity index (χ3v) is 2.69. The molecular formula is C15H15N3O2. The molecule has 0 aliphatic rings. The molecule has 0 bridgehead atoms. The first-order valence-corrected chi connectivity index (χ1v) is 6.31. The standard InChI is InChI=1S/C15H15N3O2/c1-2-14(19)18-13-8-4-3-7-12(13)15(20)17-11-6-5-9-16-10-11/h3-10H,2H2,1H3,(H,17,20)(H,18,19). The Labute approximate surface area is 117 Å². The highest BCUT2D eigenvalue weighted by atomic mass is 16.2. The van der Waals surface area contributed by atoms with Gasteiger partial charge in [-0.3, -0.25) is 14.6 Å². The lowest BCUT2D eigenvalue weighted by Gasteiger charge is -2.10. The molecular weight excluding hydrogens is 254 g/mol. The molecule has 102 valence electrons. The second-order valence-corrected chi connectivity index (χ2v) is 4.14. The van der Waals surface area contributed by atoms with Crippen molar-refractivity contribution in [3.63, 3.8) is 0 Å². The second-order valence-electron chi connectivity index (χ2n) is 4.14. The largest absolute Gasteiger partial charge is 0.325 e. The molecule has 0 saturated heterocycles. The van der Waals surface area contributed by atoms with E-state index >= 15 is 0 Å². The number of amides is 2. The Kier molecular flexibility index (Phi) is 4.44. The summed E-state index contributed by atoms with van der Waals surface area (Å²) in [4.78, 5) is 27.6. The average molecular weight is 269 g/mol. The van der Waals surface area contributed by atoms with Gasteiger partial charge in [0.15, 0.2) is 0 Å². The number of nitrogens with zero attached hydrogens (tertiary/aromatic N) is 1. The molecule has 20 heavy (non-hydrogen) atoms. The maximum absolute atomic E-state index is 12.2. The Bertz CT molecular complexity index is 612. The van der Waals surface area contributed by atoms with Crippen molar-refractivity contribution in [2.24, 2.45) is 0 Å². The van der Waals surface area contributed by atoms with Crippen molar-refractivity contribution >= 4 is 23.2 Å². The Morgan fingerprint density at radius 1 is 1.10 bits per heavy atom. The maximum Gasteiger partial charge on any atom is 0.257 e. The molecule has 0 spiro atoms. The summed E-state index contributed by atoms with van der Waals surface area (Å²) in [5.74, 6) is -0.420. The van der Waals surface area contributed by atoms with Crippen LogP contribution in [0.4, 0.5) is 11.4 Å². The monoisotopic (exact) mass is 269 g/mol. The minimum absolute atomic E-state index is 0.133. The molecule has 2 N–H and O–H groups in total. The molecule has 0 aliphatic carbocycles. The van der Waals surface area contributed by atoms with Gasteiger partial charge in [0.2, 0.25) is 5.91 Å². The van der Waals surface area contributed by atoms with E-state index in [2.05, 4.69) is 15.6 Å². The summed E-state index contributed by atoms with van der Waals surface area (Å²) in [5.41, 5.74) is 1.52. The summed E-state index contributed by atoms with van der Waals surface area (Å²) in [6.45, 7) is 1.76. The second kappa shape index (κ2) is 6.47. The summed E-state index contributed by atoms with van der Waals surface area (Å²) >= 11 is 0. The lowest BCUT2D eigenvalue weighted by atomic mass is 10.1. The predicted molar refractivity (Wildman–Crippen MR) is 77.6 cm³/mol. The first-order valence-electron chi connectivity index (χ1n) is 6.31. The molecule has 0 saturated carbocycles. The molecule has 0 unspecified atom stereocenters. The molecule has 0 fully saturated rings. The lowest BCUT2D eigenvalue weighted by Crippen LogP contribution is -2.17. The van der Waals surface area contributed by atoms with Gasteiger partial charge in [0.1, 0.15) is 0 Å². The van der Waals surface area contributed by atoms with Crippen LogP contribution in [0.2, 0.25) is 0 Å². The zero-order valence-corrected chi connectivity index (χ0v) is 11.1. The molecule has 2 aromatic rings. The molecule has 0 aliphatic heterocycles. The van der Waals surface area contributed by atoms with Crippen molar-refractivity contribution in [1.82, 2.24) is 4.98 Å². The number of carbonyl (C=O) groups is 2. The number of benzene rings is 1. The van der Waals surface area contributed by atoms with Gasteiger partial charge in [0.25, 0.3) is 5.91 Å². The number of nitrogens with one attached hydrogen (secondary N) is 2. The third-order valence-electron chi connectivity index (χ3n) is 2.69. The van der Waals surface area contributed by atoms with Crippen LogP contribution in [0.1, 0.15) is 23.7 Å². The van der Waals surface area contributed by atoms with Crippen molar-refractivity contribution in [3.05, 3.63) is 54.4 Å². The van der Waals surface area contributed by atoms with Gasteiger partial charge >= 0.3 is 0 Å². The molecule has 0 radical (unpaired) electrons. The molecule has 1 aromatic carbocycles. The van der Waals surface area contributed by atoms with Gasteiger partial charge in [-0.15, -0.1) is 0 Å². The fraction of sp³-hybridized carbons (Fsp3) is 0.133. The van der Waals surface area contributed by atoms with Gasteiger partial charge < -0.3 is 10.6 Å². The zero-order chi connectivity index (χ0) is 14.4. The van der Waals surface area contributed by atoms with E-state index in [1.165, 1.54) is 0 Å². The fourth-order valence-electron chi connectivity index (χ4n) is 1.66. The highest BCUT2D eigenvalue weighted by Gasteiger charge is 2.12. The number of hydrogen-bond acceptors (Lipinski definition) is 3. The van der Waals surface area contributed by atoms with Crippen LogP contribution in [-0.2, 0) is 4.79 Å². The SMILES string of the molecule is CCC(=O)Nc1ccccc1C(=O)Nc1cccnc1. The number of carbonyl (C=O) groups excluding carboxylic acids is 2. The van der Waals surface area contributed by atoms with Crippen molar-refractivity contribution in [2.75, 3.05) is 10.6 Å². The highest BCUT2D eigenvalue weighted by Crippen LogP contribution is 2.17. The van der Waals surface area contributed by atoms with E-state index < -0.39 is 0 Å². The first-order chi connectivity index (χ1) is 9.70. The van der Waals surface area contributed by atoms with Crippen LogP contribution in [0, 0.1) is 0 Å². The molecule has 1 aromatic heterocycles. The van der Waals surface area contributed by atoms with E-state index in [1.54, 1.807) is 55.7 Å². The molecule has 5 nitrogen and oxygen atoms in total. The number of aromatic nitrogens is 1. The van der Waals surface area contributed by atoms with Crippen LogP contribution in [0.5, 0.6) is 0 Å². The lowest BCUT2D eigenvalue weighted by molar-refractivity contribution is -0.115. The number of para-hydroxylation sites is 1. The number of pyridine rings is 1. The molecule has 2 rings (SSSR count). The van der Waals surface area contributed by atoms with Gasteiger partial charge in [-0.2, -0.15) is 0 Å². The van der Waals surface area contributed by atoms with Crippen LogP contribution in [0.15, 0.2) is 48.8 Å². The van der Waals surface area contributed by atoms with Crippen molar-refractivity contribution in [1.29, 1.82) is 0 Å². The quantitative estimate of drug-likeness (QED) is 0.896.